The van der Waals surface area contributed by atoms with Gasteiger partial charge in [0, 0.05) is 6.04 Å². The van der Waals surface area contributed by atoms with Gasteiger partial charge in [-0.3, -0.25) is 0 Å². The van der Waals surface area contributed by atoms with Crippen molar-refractivity contribution in [3.63, 3.8) is 0 Å². The van der Waals surface area contributed by atoms with Gasteiger partial charge in [-0.2, -0.15) is 0 Å². The lowest BCUT2D eigenvalue weighted by Gasteiger charge is -2.10. The van der Waals surface area contributed by atoms with E-state index in [2.05, 4.69) is 0 Å². The topological polar surface area (TPSA) is 52.3 Å². The first kappa shape index (κ1) is 10.7. The SMILES string of the molecule is CCOC(=O)c1ccccc1C(C)N. The highest BCUT2D eigenvalue weighted by atomic mass is 16.5. The van der Waals surface area contributed by atoms with Crippen LogP contribution >= 0.6 is 0 Å². The Balaban J connectivity index is 3.00. The van der Waals surface area contributed by atoms with Crippen LogP contribution in [0.4, 0.5) is 0 Å². The largest absolute Gasteiger partial charge is 0.462 e. The van der Waals surface area contributed by atoms with Crippen molar-refractivity contribution in [2.24, 2.45) is 5.73 Å². The average Bonchev–Trinajstić information content (AvgIpc) is 2.18. The second-order valence-corrected chi connectivity index (χ2v) is 3.10. The van der Waals surface area contributed by atoms with E-state index in [1.807, 2.05) is 19.1 Å². The Morgan fingerprint density at radius 2 is 2.14 bits per heavy atom. The first-order valence-corrected chi connectivity index (χ1v) is 4.68. The van der Waals surface area contributed by atoms with Gasteiger partial charge >= 0.3 is 5.97 Å². The maximum atomic E-state index is 11.5. The number of ether oxygens (including phenoxy) is 1. The molecule has 0 bridgehead atoms. The van der Waals surface area contributed by atoms with Gasteiger partial charge in [0.25, 0.3) is 0 Å². The van der Waals surface area contributed by atoms with Gasteiger partial charge in [-0.15, -0.1) is 0 Å². The van der Waals surface area contributed by atoms with Gasteiger partial charge in [-0.25, -0.2) is 4.79 Å². The lowest BCUT2D eigenvalue weighted by molar-refractivity contribution is 0.0524. The number of benzene rings is 1. The van der Waals surface area contributed by atoms with Crippen LogP contribution in [0.3, 0.4) is 0 Å². The van der Waals surface area contributed by atoms with Gasteiger partial charge in [0.15, 0.2) is 0 Å². The maximum absolute atomic E-state index is 11.5. The van der Waals surface area contributed by atoms with Crippen molar-refractivity contribution in [1.29, 1.82) is 0 Å². The van der Waals surface area contributed by atoms with Crippen molar-refractivity contribution < 1.29 is 9.53 Å². The molecule has 14 heavy (non-hydrogen) atoms. The summed E-state index contributed by atoms with van der Waals surface area (Å²) in [5.74, 6) is -0.305. The molecule has 0 spiro atoms. The average molecular weight is 193 g/mol. The highest BCUT2D eigenvalue weighted by molar-refractivity contribution is 5.91. The van der Waals surface area contributed by atoms with Crippen LogP contribution in [-0.4, -0.2) is 12.6 Å². The van der Waals surface area contributed by atoms with Crippen LogP contribution in [0, 0.1) is 0 Å². The van der Waals surface area contributed by atoms with Crippen LogP contribution in [0.2, 0.25) is 0 Å². The monoisotopic (exact) mass is 193 g/mol. The summed E-state index contributed by atoms with van der Waals surface area (Å²) in [6.07, 6.45) is 0. The molecule has 0 saturated heterocycles. The first-order valence-electron chi connectivity index (χ1n) is 4.68. The Morgan fingerprint density at radius 1 is 1.50 bits per heavy atom. The zero-order chi connectivity index (χ0) is 10.6. The predicted molar refractivity (Wildman–Crippen MR) is 55.0 cm³/mol. The normalized spacial score (nSPS) is 12.2. The highest BCUT2D eigenvalue weighted by Crippen LogP contribution is 2.16. The zero-order valence-corrected chi connectivity index (χ0v) is 8.49. The van der Waals surface area contributed by atoms with Crippen LogP contribution in [0.5, 0.6) is 0 Å². The summed E-state index contributed by atoms with van der Waals surface area (Å²) in [7, 11) is 0. The molecule has 1 unspecified atom stereocenters. The summed E-state index contributed by atoms with van der Waals surface area (Å²) in [6.45, 7) is 4.01. The second-order valence-electron chi connectivity index (χ2n) is 3.10. The van der Waals surface area contributed by atoms with E-state index in [0.29, 0.717) is 12.2 Å². The smallest absolute Gasteiger partial charge is 0.338 e. The molecular weight excluding hydrogens is 178 g/mol. The number of nitrogens with two attached hydrogens (primary N) is 1. The summed E-state index contributed by atoms with van der Waals surface area (Å²) >= 11 is 0. The fourth-order valence-electron chi connectivity index (χ4n) is 1.29. The van der Waals surface area contributed by atoms with Crippen LogP contribution < -0.4 is 5.73 Å². The van der Waals surface area contributed by atoms with Crippen molar-refractivity contribution in [1.82, 2.24) is 0 Å². The molecule has 0 saturated carbocycles. The van der Waals surface area contributed by atoms with E-state index >= 15 is 0 Å². The molecule has 3 nitrogen and oxygen atoms in total. The van der Waals surface area contributed by atoms with Crippen molar-refractivity contribution in [3.05, 3.63) is 35.4 Å². The summed E-state index contributed by atoms with van der Waals surface area (Å²) < 4.78 is 4.92. The molecular formula is C11H15NO2. The van der Waals surface area contributed by atoms with Gasteiger partial charge in [-0.1, -0.05) is 18.2 Å². The number of carbonyl (C=O) groups excluding carboxylic acids is 1. The molecule has 2 N–H and O–H groups in total. The molecule has 0 aromatic heterocycles. The Labute approximate surface area is 83.9 Å². The Morgan fingerprint density at radius 3 is 2.71 bits per heavy atom. The standard InChI is InChI=1S/C11H15NO2/c1-3-14-11(13)10-7-5-4-6-9(10)8(2)12/h4-8H,3,12H2,1-2H3. The van der Waals surface area contributed by atoms with Gasteiger partial charge < -0.3 is 10.5 Å². The summed E-state index contributed by atoms with van der Waals surface area (Å²) in [5, 5.41) is 0. The van der Waals surface area contributed by atoms with Crippen molar-refractivity contribution in [2.75, 3.05) is 6.61 Å². The minimum absolute atomic E-state index is 0.157. The van der Waals surface area contributed by atoms with Crippen LogP contribution in [0.1, 0.15) is 35.8 Å². The van der Waals surface area contributed by atoms with Crippen molar-refractivity contribution in [3.8, 4) is 0 Å². The third kappa shape index (κ3) is 2.33. The quantitative estimate of drug-likeness (QED) is 0.746. The summed E-state index contributed by atoms with van der Waals surface area (Å²) in [4.78, 5) is 11.5. The second kappa shape index (κ2) is 4.77. The summed E-state index contributed by atoms with van der Waals surface area (Å²) in [6, 6.07) is 7.09. The number of carbonyl (C=O) groups is 1. The first-order chi connectivity index (χ1) is 6.66. The molecule has 0 aliphatic heterocycles. The maximum Gasteiger partial charge on any atom is 0.338 e. The predicted octanol–water partition coefficient (Wildman–Crippen LogP) is 1.88. The molecule has 1 aromatic rings. The number of hydrogen-bond acceptors (Lipinski definition) is 3. The molecule has 0 fully saturated rings. The zero-order valence-electron chi connectivity index (χ0n) is 8.49. The molecule has 0 heterocycles. The van der Waals surface area contributed by atoms with Gasteiger partial charge in [0.1, 0.15) is 0 Å². The van der Waals surface area contributed by atoms with Crippen LogP contribution in [0.25, 0.3) is 0 Å². The van der Waals surface area contributed by atoms with Gasteiger partial charge in [-0.05, 0) is 25.5 Å². The van der Waals surface area contributed by atoms with E-state index in [9.17, 15) is 4.79 Å². The van der Waals surface area contributed by atoms with Crippen LogP contribution in [-0.2, 0) is 4.74 Å². The third-order valence-electron chi connectivity index (χ3n) is 1.95. The Kier molecular flexibility index (Phi) is 3.65. The van der Waals surface area contributed by atoms with Gasteiger partial charge in [0.05, 0.1) is 12.2 Å². The fraction of sp³-hybridized carbons (Fsp3) is 0.364. The molecule has 1 rings (SSSR count). The van der Waals surface area contributed by atoms with E-state index in [0.717, 1.165) is 5.56 Å². The Bertz CT molecular complexity index is 321. The van der Waals surface area contributed by atoms with E-state index < -0.39 is 0 Å². The van der Waals surface area contributed by atoms with Gasteiger partial charge in [0.2, 0.25) is 0 Å². The lowest BCUT2D eigenvalue weighted by atomic mass is 10.0. The molecule has 76 valence electrons. The molecule has 1 aromatic carbocycles. The van der Waals surface area contributed by atoms with Crippen LogP contribution in [0.15, 0.2) is 24.3 Å². The minimum Gasteiger partial charge on any atom is -0.462 e. The Hall–Kier alpha value is -1.35. The van der Waals surface area contributed by atoms with Crippen molar-refractivity contribution >= 4 is 5.97 Å². The molecule has 1 atom stereocenters. The number of rotatable bonds is 3. The molecule has 0 radical (unpaired) electrons. The van der Waals surface area contributed by atoms with E-state index in [1.54, 1.807) is 19.1 Å². The number of hydrogen-bond donors (Lipinski definition) is 1. The van der Waals surface area contributed by atoms with E-state index in [4.69, 9.17) is 10.5 Å². The molecule has 0 amide bonds. The molecule has 0 aliphatic rings. The molecule has 0 aliphatic carbocycles. The highest BCUT2D eigenvalue weighted by Gasteiger charge is 2.13. The van der Waals surface area contributed by atoms with E-state index in [-0.39, 0.29) is 12.0 Å². The minimum atomic E-state index is -0.305. The number of esters is 1. The van der Waals surface area contributed by atoms with E-state index in [1.165, 1.54) is 0 Å². The fourth-order valence-corrected chi connectivity index (χ4v) is 1.29. The van der Waals surface area contributed by atoms with Crippen molar-refractivity contribution in [2.45, 2.75) is 19.9 Å². The lowest BCUT2D eigenvalue weighted by Crippen LogP contribution is -2.13. The summed E-state index contributed by atoms with van der Waals surface area (Å²) in [5.41, 5.74) is 7.13. The molecule has 3 heteroatoms. The third-order valence-corrected chi connectivity index (χ3v) is 1.95.